The highest BCUT2D eigenvalue weighted by Gasteiger charge is 2.26. The topological polar surface area (TPSA) is 112 Å². The molecule has 1 N–H and O–H groups in total. The molecule has 0 saturated heterocycles. The van der Waals surface area contributed by atoms with Gasteiger partial charge in [-0.05, 0) is 55.0 Å². The summed E-state index contributed by atoms with van der Waals surface area (Å²) in [7, 11) is -4.09. The Morgan fingerprint density at radius 1 is 1.23 bits per heavy atom. The zero-order chi connectivity index (χ0) is 21.5. The van der Waals surface area contributed by atoms with Gasteiger partial charge in [0.05, 0.1) is 16.8 Å². The Balaban J connectivity index is 1.81. The fourth-order valence-electron chi connectivity index (χ4n) is 3.27. The number of hydrogen-bond acceptors (Lipinski definition) is 6. The number of fused-ring (bicyclic) bond motifs is 1. The number of hydrogen-bond donors (Lipinski definition) is 1. The molecule has 30 heavy (non-hydrogen) atoms. The summed E-state index contributed by atoms with van der Waals surface area (Å²) in [6.45, 7) is 1.50. The van der Waals surface area contributed by atoms with Gasteiger partial charge in [-0.25, -0.2) is 21.8 Å². The maximum atomic E-state index is 13.8. The van der Waals surface area contributed by atoms with Gasteiger partial charge in [-0.3, -0.25) is 4.79 Å². The number of halogens is 1. The molecule has 0 radical (unpaired) electrons. The Morgan fingerprint density at radius 2 is 1.97 bits per heavy atom. The molecule has 0 atom stereocenters. The maximum Gasteiger partial charge on any atom is 0.310 e. The number of aromatic nitrogens is 2. The van der Waals surface area contributed by atoms with Crippen LogP contribution in [-0.4, -0.2) is 28.5 Å². The normalized spacial score (nSPS) is 11.7. The van der Waals surface area contributed by atoms with Crippen LogP contribution in [0.15, 0.2) is 64.4 Å². The van der Waals surface area contributed by atoms with Crippen molar-refractivity contribution >= 4 is 26.9 Å². The zero-order valence-electron chi connectivity index (χ0n) is 15.6. The van der Waals surface area contributed by atoms with Crippen LogP contribution in [0.4, 0.5) is 4.39 Å². The molecule has 154 valence electrons. The largest absolute Gasteiger partial charge is 0.481 e. The molecule has 0 aliphatic heterocycles. The van der Waals surface area contributed by atoms with Crippen LogP contribution in [0.25, 0.3) is 10.9 Å². The Morgan fingerprint density at radius 3 is 2.60 bits per heavy atom. The summed E-state index contributed by atoms with van der Waals surface area (Å²) >= 11 is 0. The highest BCUT2D eigenvalue weighted by molar-refractivity contribution is 7.90. The van der Waals surface area contributed by atoms with E-state index in [0.29, 0.717) is 5.75 Å². The van der Waals surface area contributed by atoms with E-state index in [4.69, 9.17) is 9.15 Å². The van der Waals surface area contributed by atoms with Gasteiger partial charge in [0.25, 0.3) is 10.0 Å². The molecule has 10 heteroatoms. The third-order valence-electron chi connectivity index (χ3n) is 4.56. The molecule has 4 rings (SSSR count). The van der Waals surface area contributed by atoms with Crippen LogP contribution in [0.2, 0.25) is 0 Å². The summed E-state index contributed by atoms with van der Waals surface area (Å²) in [4.78, 5) is 14.9. The Labute approximate surface area is 170 Å². The second-order valence-electron chi connectivity index (χ2n) is 6.46. The maximum absolute atomic E-state index is 13.8. The number of oxazole rings is 1. The highest BCUT2D eigenvalue weighted by atomic mass is 32.2. The van der Waals surface area contributed by atoms with E-state index in [-0.39, 0.29) is 33.0 Å². The van der Waals surface area contributed by atoms with Crippen LogP contribution in [0.5, 0.6) is 11.7 Å². The van der Waals surface area contributed by atoms with Crippen molar-refractivity contribution in [3.8, 4) is 11.7 Å². The van der Waals surface area contributed by atoms with E-state index < -0.39 is 28.2 Å². The SMILES string of the molecule is Cc1c(CC(=O)O)c2cc(F)ccc2n1S(=O)(=O)c1ccc(Oc2cnco2)cc1. The van der Waals surface area contributed by atoms with Crippen molar-refractivity contribution in [3.05, 3.63) is 72.1 Å². The first-order valence-corrected chi connectivity index (χ1v) is 10.1. The van der Waals surface area contributed by atoms with Gasteiger partial charge in [0.15, 0.2) is 6.39 Å². The first-order chi connectivity index (χ1) is 14.3. The van der Waals surface area contributed by atoms with Crippen molar-refractivity contribution < 1.29 is 31.9 Å². The van der Waals surface area contributed by atoms with Crippen LogP contribution >= 0.6 is 0 Å². The first-order valence-electron chi connectivity index (χ1n) is 8.70. The Hall–Kier alpha value is -3.66. The second-order valence-corrected chi connectivity index (χ2v) is 8.25. The average Bonchev–Trinajstić information content (AvgIpc) is 3.29. The molecule has 2 aromatic heterocycles. The Kier molecular flexibility index (Phi) is 4.78. The van der Waals surface area contributed by atoms with Crippen molar-refractivity contribution in [2.24, 2.45) is 0 Å². The number of carboxylic acids is 1. The molecule has 0 aliphatic carbocycles. The molecule has 4 aromatic rings. The molecule has 2 aromatic carbocycles. The minimum atomic E-state index is -4.09. The Bertz CT molecular complexity index is 1340. The van der Waals surface area contributed by atoms with E-state index in [1.54, 1.807) is 0 Å². The van der Waals surface area contributed by atoms with E-state index in [2.05, 4.69) is 4.98 Å². The molecular weight excluding hydrogens is 415 g/mol. The molecule has 0 unspecified atom stereocenters. The third-order valence-corrected chi connectivity index (χ3v) is 6.38. The third kappa shape index (κ3) is 3.41. The van der Waals surface area contributed by atoms with Gasteiger partial charge in [0.2, 0.25) is 0 Å². The van der Waals surface area contributed by atoms with Crippen LogP contribution in [0, 0.1) is 12.7 Å². The number of nitrogens with zero attached hydrogens (tertiary/aromatic N) is 2. The van der Waals surface area contributed by atoms with E-state index in [9.17, 15) is 22.7 Å². The summed E-state index contributed by atoms with van der Waals surface area (Å²) in [5.41, 5.74) is 0.651. The van der Waals surface area contributed by atoms with Gasteiger partial charge in [-0.2, -0.15) is 0 Å². The minimum Gasteiger partial charge on any atom is -0.481 e. The fourth-order valence-corrected chi connectivity index (χ4v) is 4.84. The lowest BCUT2D eigenvalue weighted by molar-refractivity contribution is -0.136. The van der Waals surface area contributed by atoms with Crippen molar-refractivity contribution in [3.63, 3.8) is 0 Å². The predicted molar refractivity (Wildman–Crippen MR) is 104 cm³/mol. The molecule has 0 aliphatic rings. The number of ether oxygens (including phenoxy) is 1. The lowest BCUT2D eigenvalue weighted by atomic mass is 10.1. The molecule has 8 nitrogen and oxygen atoms in total. The molecular formula is C20H15FN2O6S. The molecule has 0 saturated carbocycles. The van der Waals surface area contributed by atoms with Crippen LogP contribution in [0.1, 0.15) is 11.3 Å². The summed E-state index contributed by atoms with van der Waals surface area (Å²) in [6.07, 6.45) is 2.13. The second kappa shape index (κ2) is 7.30. The minimum absolute atomic E-state index is 0.0429. The van der Waals surface area contributed by atoms with Gasteiger partial charge in [-0.1, -0.05) is 0 Å². The van der Waals surface area contributed by atoms with E-state index in [1.165, 1.54) is 49.8 Å². The molecule has 0 amide bonds. The number of carbonyl (C=O) groups is 1. The van der Waals surface area contributed by atoms with E-state index in [0.717, 1.165) is 16.1 Å². The van der Waals surface area contributed by atoms with Gasteiger partial charge >= 0.3 is 11.9 Å². The quantitative estimate of drug-likeness (QED) is 0.496. The van der Waals surface area contributed by atoms with Crippen LogP contribution in [0.3, 0.4) is 0 Å². The van der Waals surface area contributed by atoms with Crippen LogP contribution in [-0.2, 0) is 21.2 Å². The van der Waals surface area contributed by atoms with Crippen molar-refractivity contribution in [2.75, 3.05) is 0 Å². The van der Waals surface area contributed by atoms with Gasteiger partial charge in [0, 0.05) is 11.1 Å². The smallest absolute Gasteiger partial charge is 0.310 e. The lowest BCUT2D eigenvalue weighted by Gasteiger charge is -2.11. The summed E-state index contributed by atoms with van der Waals surface area (Å²) in [5, 5.41) is 9.45. The summed E-state index contributed by atoms with van der Waals surface area (Å²) in [6, 6.07) is 9.21. The monoisotopic (exact) mass is 430 g/mol. The predicted octanol–water partition coefficient (Wildman–Crippen LogP) is 3.73. The van der Waals surface area contributed by atoms with Crippen LogP contribution < -0.4 is 4.74 Å². The number of carboxylic acid groups (broad SMARTS) is 1. The van der Waals surface area contributed by atoms with Gasteiger partial charge < -0.3 is 14.3 Å². The van der Waals surface area contributed by atoms with Crippen molar-refractivity contribution in [1.29, 1.82) is 0 Å². The first kappa shape index (κ1) is 19.6. The van der Waals surface area contributed by atoms with E-state index in [1.807, 2.05) is 0 Å². The van der Waals surface area contributed by atoms with Crippen molar-refractivity contribution in [1.82, 2.24) is 8.96 Å². The average molecular weight is 430 g/mol. The number of aliphatic carboxylic acids is 1. The summed E-state index contributed by atoms with van der Waals surface area (Å²) < 4.78 is 51.9. The van der Waals surface area contributed by atoms with Gasteiger partial charge in [-0.15, -0.1) is 0 Å². The lowest BCUT2D eigenvalue weighted by Crippen LogP contribution is -2.15. The summed E-state index contributed by atoms with van der Waals surface area (Å²) in [5.74, 6) is -1.24. The highest BCUT2D eigenvalue weighted by Crippen LogP contribution is 2.32. The molecule has 0 spiro atoms. The standard InChI is InChI=1S/C20H15FN2O6S/c1-12-16(9-19(24)25)17-8-13(21)2-7-18(17)23(12)30(26,27)15-5-3-14(4-6-15)29-20-10-22-11-28-20/h2-8,10-11H,9H2,1H3,(H,24,25). The number of rotatable bonds is 6. The number of benzene rings is 2. The zero-order valence-corrected chi connectivity index (χ0v) is 16.4. The van der Waals surface area contributed by atoms with E-state index >= 15 is 0 Å². The molecule has 0 bridgehead atoms. The van der Waals surface area contributed by atoms with Gasteiger partial charge in [0.1, 0.15) is 17.8 Å². The molecule has 0 fully saturated rings. The fraction of sp³-hybridized carbons (Fsp3) is 0.100. The van der Waals surface area contributed by atoms with Crippen molar-refractivity contribution in [2.45, 2.75) is 18.2 Å². The molecule has 2 heterocycles.